The lowest BCUT2D eigenvalue weighted by Gasteiger charge is -2.31. The van der Waals surface area contributed by atoms with Gasteiger partial charge in [-0.15, -0.1) is 24.0 Å². The molecule has 1 saturated heterocycles. The number of rotatable bonds is 7. The fourth-order valence-corrected chi connectivity index (χ4v) is 4.31. The molecule has 5 nitrogen and oxygen atoms in total. The molecule has 0 bridgehead atoms. The van der Waals surface area contributed by atoms with E-state index in [1.165, 1.54) is 6.07 Å². The predicted octanol–water partition coefficient (Wildman–Crippen LogP) is 4.33. The Bertz CT molecular complexity index is 959. The maximum absolute atomic E-state index is 14.7. The van der Waals surface area contributed by atoms with Crippen molar-refractivity contribution >= 4 is 35.6 Å². The molecule has 1 heterocycles. The van der Waals surface area contributed by atoms with Crippen LogP contribution in [0.5, 0.6) is 0 Å². The number of halogens is 3. The molecule has 33 heavy (non-hydrogen) atoms. The zero-order valence-electron chi connectivity index (χ0n) is 19.0. The van der Waals surface area contributed by atoms with E-state index < -0.39 is 0 Å². The third-order valence-corrected chi connectivity index (χ3v) is 6.47. The van der Waals surface area contributed by atoms with Crippen molar-refractivity contribution in [1.29, 1.82) is 0 Å². The van der Waals surface area contributed by atoms with Gasteiger partial charge in [-0.2, -0.15) is 0 Å². The highest BCUT2D eigenvalue weighted by atomic mass is 127. The summed E-state index contributed by atoms with van der Waals surface area (Å²) in [7, 11) is 0. The Morgan fingerprint density at radius 3 is 2.52 bits per heavy atom. The van der Waals surface area contributed by atoms with Gasteiger partial charge in [-0.05, 0) is 68.0 Å². The van der Waals surface area contributed by atoms with E-state index in [0.29, 0.717) is 57.2 Å². The maximum Gasteiger partial charge on any atom is 0.191 e. The van der Waals surface area contributed by atoms with Gasteiger partial charge in [0.1, 0.15) is 11.6 Å². The van der Waals surface area contributed by atoms with E-state index in [2.05, 4.69) is 15.6 Å². The number of benzene rings is 2. The maximum atomic E-state index is 14.7. The van der Waals surface area contributed by atoms with Crippen molar-refractivity contribution in [3.05, 3.63) is 65.2 Å². The quantitative estimate of drug-likeness (QED) is 0.264. The summed E-state index contributed by atoms with van der Waals surface area (Å²) >= 11 is 0. The molecular formula is C25H33F2IN4O. The fourth-order valence-electron chi connectivity index (χ4n) is 4.31. The first-order chi connectivity index (χ1) is 15.5. The lowest BCUT2D eigenvalue weighted by Crippen LogP contribution is -2.41. The van der Waals surface area contributed by atoms with Gasteiger partial charge < -0.3 is 20.6 Å². The Hall–Kier alpha value is -1.94. The van der Waals surface area contributed by atoms with Crippen molar-refractivity contribution < 1.29 is 13.9 Å². The first kappa shape index (κ1) is 25.7. The SMILES string of the molecule is CCNC(=NCc1ccc(N2CCC(O)CC2)c(F)c1)NCC1(c2cccc(F)c2)CC1.I. The van der Waals surface area contributed by atoms with Crippen LogP contribution in [0.25, 0.3) is 0 Å². The number of anilines is 1. The molecule has 0 amide bonds. The van der Waals surface area contributed by atoms with E-state index in [1.54, 1.807) is 24.3 Å². The molecular weight excluding hydrogens is 537 g/mol. The summed E-state index contributed by atoms with van der Waals surface area (Å²) in [6.07, 6.45) is 3.09. The Morgan fingerprint density at radius 2 is 1.88 bits per heavy atom. The highest BCUT2D eigenvalue weighted by Gasteiger charge is 2.44. The zero-order chi connectivity index (χ0) is 22.6. The van der Waals surface area contributed by atoms with E-state index in [-0.39, 0.29) is 47.1 Å². The molecule has 0 aromatic heterocycles. The first-order valence-corrected chi connectivity index (χ1v) is 11.5. The van der Waals surface area contributed by atoms with Gasteiger partial charge in [-0.3, -0.25) is 0 Å². The summed E-state index contributed by atoms with van der Waals surface area (Å²) in [6.45, 7) is 5.08. The minimum atomic E-state index is -0.282. The lowest BCUT2D eigenvalue weighted by atomic mass is 9.96. The third-order valence-electron chi connectivity index (χ3n) is 6.47. The average molecular weight is 570 g/mol. The molecule has 8 heteroatoms. The standard InChI is InChI=1S/C25H32F2N4O.HI/c1-2-28-24(30-17-25(10-11-25)19-4-3-5-20(26)15-19)29-16-18-6-7-23(22(27)14-18)31-12-8-21(32)9-13-31;/h3-7,14-15,21,32H,2,8-13,16-17H2,1H3,(H2,28,29,30);1H. The van der Waals surface area contributed by atoms with Crippen LogP contribution in [0.3, 0.4) is 0 Å². The van der Waals surface area contributed by atoms with Gasteiger partial charge in [0, 0.05) is 31.6 Å². The van der Waals surface area contributed by atoms with Gasteiger partial charge in [0.05, 0.1) is 18.3 Å². The summed E-state index contributed by atoms with van der Waals surface area (Å²) < 4.78 is 28.4. The third kappa shape index (κ3) is 6.56. The molecule has 2 aliphatic rings. The Morgan fingerprint density at radius 1 is 1.12 bits per heavy atom. The minimum Gasteiger partial charge on any atom is -0.393 e. The van der Waals surface area contributed by atoms with E-state index >= 15 is 0 Å². The summed E-state index contributed by atoms with van der Waals surface area (Å²) in [5, 5.41) is 16.3. The van der Waals surface area contributed by atoms with Gasteiger partial charge in [0.25, 0.3) is 0 Å². The van der Waals surface area contributed by atoms with Gasteiger partial charge in [0.15, 0.2) is 5.96 Å². The van der Waals surface area contributed by atoms with Crippen molar-refractivity contribution in [2.45, 2.75) is 50.7 Å². The smallest absolute Gasteiger partial charge is 0.191 e. The van der Waals surface area contributed by atoms with Crippen LogP contribution in [0.2, 0.25) is 0 Å². The molecule has 1 aliphatic carbocycles. The van der Waals surface area contributed by atoms with Crippen molar-refractivity contribution in [2.75, 3.05) is 31.1 Å². The monoisotopic (exact) mass is 570 g/mol. The highest BCUT2D eigenvalue weighted by molar-refractivity contribution is 14.0. The van der Waals surface area contributed by atoms with Crippen LogP contribution in [0.4, 0.5) is 14.5 Å². The first-order valence-electron chi connectivity index (χ1n) is 11.5. The second-order valence-electron chi connectivity index (χ2n) is 8.84. The van der Waals surface area contributed by atoms with Crippen LogP contribution in [-0.4, -0.2) is 43.3 Å². The number of nitrogens with one attached hydrogen (secondary N) is 2. The Kier molecular flexibility index (Phi) is 8.92. The van der Waals surface area contributed by atoms with Gasteiger partial charge in [0.2, 0.25) is 0 Å². The molecule has 0 radical (unpaired) electrons. The van der Waals surface area contributed by atoms with Crippen molar-refractivity contribution in [3.8, 4) is 0 Å². The molecule has 1 saturated carbocycles. The molecule has 2 aromatic rings. The van der Waals surface area contributed by atoms with Crippen LogP contribution in [-0.2, 0) is 12.0 Å². The zero-order valence-corrected chi connectivity index (χ0v) is 21.3. The van der Waals surface area contributed by atoms with E-state index in [0.717, 1.165) is 24.0 Å². The molecule has 3 N–H and O–H groups in total. The van der Waals surface area contributed by atoms with Gasteiger partial charge in [-0.25, -0.2) is 13.8 Å². The van der Waals surface area contributed by atoms with Crippen LogP contribution >= 0.6 is 24.0 Å². The largest absolute Gasteiger partial charge is 0.393 e. The Labute approximate surface area is 211 Å². The summed E-state index contributed by atoms with van der Waals surface area (Å²) in [6, 6.07) is 12.1. The number of aliphatic imine (C=N–C) groups is 1. The molecule has 1 aliphatic heterocycles. The number of aliphatic hydroxyl groups is 1. The van der Waals surface area contributed by atoms with Crippen molar-refractivity contribution in [3.63, 3.8) is 0 Å². The molecule has 2 aromatic carbocycles. The molecule has 180 valence electrons. The van der Waals surface area contributed by atoms with Gasteiger partial charge in [-0.1, -0.05) is 18.2 Å². The molecule has 0 unspecified atom stereocenters. The van der Waals surface area contributed by atoms with Crippen LogP contribution in [0.15, 0.2) is 47.5 Å². The summed E-state index contributed by atoms with van der Waals surface area (Å²) in [5.74, 6) is 0.209. The molecule has 0 atom stereocenters. The fraction of sp³-hybridized carbons (Fsp3) is 0.480. The lowest BCUT2D eigenvalue weighted by molar-refractivity contribution is 0.145. The second kappa shape index (κ2) is 11.5. The Balaban J connectivity index is 0.00000306. The summed E-state index contributed by atoms with van der Waals surface area (Å²) in [4.78, 5) is 6.61. The average Bonchev–Trinajstić information content (AvgIpc) is 3.58. The number of aliphatic hydroxyl groups excluding tert-OH is 1. The second-order valence-corrected chi connectivity index (χ2v) is 8.84. The number of guanidine groups is 1. The number of hydrogen-bond acceptors (Lipinski definition) is 3. The predicted molar refractivity (Wildman–Crippen MR) is 139 cm³/mol. The molecule has 2 fully saturated rings. The van der Waals surface area contributed by atoms with Crippen LogP contribution in [0, 0.1) is 11.6 Å². The number of hydrogen-bond donors (Lipinski definition) is 3. The van der Waals surface area contributed by atoms with E-state index in [9.17, 15) is 13.9 Å². The molecule has 0 spiro atoms. The van der Waals surface area contributed by atoms with E-state index in [4.69, 9.17) is 0 Å². The number of piperidine rings is 1. The topological polar surface area (TPSA) is 59.9 Å². The van der Waals surface area contributed by atoms with Gasteiger partial charge >= 0.3 is 0 Å². The molecule has 4 rings (SSSR count). The minimum absolute atomic E-state index is 0. The van der Waals surface area contributed by atoms with Crippen LogP contribution < -0.4 is 15.5 Å². The van der Waals surface area contributed by atoms with Crippen molar-refractivity contribution in [2.24, 2.45) is 4.99 Å². The highest BCUT2D eigenvalue weighted by Crippen LogP contribution is 2.47. The normalized spacial score (nSPS) is 17.9. The summed E-state index contributed by atoms with van der Waals surface area (Å²) in [5.41, 5.74) is 2.35. The van der Waals surface area contributed by atoms with E-state index in [1.807, 2.05) is 24.0 Å². The van der Waals surface area contributed by atoms with Crippen LogP contribution in [0.1, 0.15) is 43.7 Å². The van der Waals surface area contributed by atoms with Crippen molar-refractivity contribution in [1.82, 2.24) is 10.6 Å². The number of nitrogens with zero attached hydrogens (tertiary/aromatic N) is 2.